The van der Waals surface area contributed by atoms with Crippen LogP contribution in [0.4, 0.5) is 11.6 Å². The van der Waals surface area contributed by atoms with Gasteiger partial charge in [-0.25, -0.2) is 0 Å². The maximum absolute atomic E-state index is 5.00. The van der Waals surface area contributed by atoms with Crippen molar-refractivity contribution in [2.75, 3.05) is 5.43 Å². The van der Waals surface area contributed by atoms with Crippen molar-refractivity contribution in [2.24, 2.45) is 10.3 Å². The highest BCUT2D eigenvalue weighted by atomic mass is 16.5. The molecule has 1 N–H and O–H groups in total. The third kappa shape index (κ3) is 2.69. The van der Waals surface area contributed by atoms with E-state index in [4.69, 9.17) is 4.52 Å². The molecule has 5 heteroatoms. The van der Waals surface area contributed by atoms with Crippen LogP contribution in [-0.2, 0) is 0 Å². The van der Waals surface area contributed by atoms with Crippen molar-refractivity contribution >= 4 is 11.6 Å². The molecule has 0 aliphatic carbocycles. The highest BCUT2D eigenvalue weighted by Crippen LogP contribution is 2.21. The molecule has 0 aliphatic rings. The second kappa shape index (κ2) is 4.78. The predicted octanol–water partition coefficient (Wildman–Crippen LogP) is 3.71. The SMILES string of the molecule is Cc1ccc(NN=Nc2onc(C)c2C)cc1. The van der Waals surface area contributed by atoms with Crippen LogP contribution >= 0.6 is 0 Å². The van der Waals surface area contributed by atoms with E-state index >= 15 is 0 Å². The number of aromatic nitrogens is 1. The normalized spacial score (nSPS) is 11.0. The number of rotatable bonds is 3. The number of hydrogen-bond donors (Lipinski definition) is 1. The average Bonchev–Trinajstić information content (AvgIpc) is 2.64. The summed E-state index contributed by atoms with van der Waals surface area (Å²) < 4.78 is 5.00. The molecule has 1 heterocycles. The summed E-state index contributed by atoms with van der Waals surface area (Å²) in [5, 5.41) is 11.6. The molecule has 0 atom stereocenters. The van der Waals surface area contributed by atoms with Crippen molar-refractivity contribution in [1.29, 1.82) is 0 Å². The van der Waals surface area contributed by atoms with Crippen LogP contribution < -0.4 is 5.43 Å². The second-order valence-corrected chi connectivity index (χ2v) is 3.88. The van der Waals surface area contributed by atoms with Crippen molar-refractivity contribution in [3.05, 3.63) is 41.1 Å². The quantitative estimate of drug-likeness (QED) is 0.645. The molecule has 0 bridgehead atoms. The van der Waals surface area contributed by atoms with Gasteiger partial charge in [-0.2, -0.15) is 0 Å². The highest BCUT2D eigenvalue weighted by Gasteiger charge is 2.06. The Morgan fingerprint density at radius 3 is 2.41 bits per heavy atom. The van der Waals surface area contributed by atoms with Crippen molar-refractivity contribution < 1.29 is 4.52 Å². The summed E-state index contributed by atoms with van der Waals surface area (Å²) in [6, 6.07) is 7.88. The van der Waals surface area contributed by atoms with Crippen molar-refractivity contribution in [3.63, 3.8) is 0 Å². The van der Waals surface area contributed by atoms with Crippen LogP contribution in [0.3, 0.4) is 0 Å². The maximum Gasteiger partial charge on any atom is 0.274 e. The molecule has 1 aromatic carbocycles. The topological polar surface area (TPSA) is 62.8 Å². The molecule has 0 saturated carbocycles. The molecule has 0 radical (unpaired) electrons. The van der Waals surface area contributed by atoms with Gasteiger partial charge in [0.1, 0.15) is 0 Å². The lowest BCUT2D eigenvalue weighted by Gasteiger charge is -1.98. The van der Waals surface area contributed by atoms with Crippen LogP contribution in [0.15, 0.2) is 39.1 Å². The first kappa shape index (κ1) is 11.3. The number of hydrogen-bond acceptors (Lipinski definition) is 4. The zero-order valence-electron chi connectivity index (χ0n) is 10.1. The van der Waals surface area contributed by atoms with Crippen molar-refractivity contribution in [2.45, 2.75) is 20.8 Å². The molecule has 0 saturated heterocycles. The Balaban J connectivity index is 2.03. The van der Waals surface area contributed by atoms with Gasteiger partial charge in [0.25, 0.3) is 5.88 Å². The Hall–Kier alpha value is -2.17. The maximum atomic E-state index is 5.00. The minimum absolute atomic E-state index is 0.433. The Bertz CT molecular complexity index is 528. The average molecular weight is 230 g/mol. The van der Waals surface area contributed by atoms with E-state index in [1.54, 1.807) is 0 Å². The molecule has 2 aromatic rings. The van der Waals surface area contributed by atoms with Crippen LogP contribution in [0.25, 0.3) is 0 Å². The Kier molecular flexibility index (Phi) is 3.18. The molecule has 0 spiro atoms. The van der Waals surface area contributed by atoms with Crippen LogP contribution in [0.5, 0.6) is 0 Å². The first-order chi connectivity index (χ1) is 8.16. The third-order valence-corrected chi connectivity index (χ3v) is 2.50. The van der Waals surface area contributed by atoms with E-state index in [0.29, 0.717) is 5.88 Å². The molecule has 0 amide bonds. The van der Waals surface area contributed by atoms with Gasteiger partial charge in [0.05, 0.1) is 11.4 Å². The number of aryl methyl sites for hydroxylation is 2. The molecular weight excluding hydrogens is 216 g/mol. The molecule has 0 aliphatic heterocycles. The molecule has 88 valence electrons. The van der Waals surface area contributed by atoms with Crippen LogP contribution in [0, 0.1) is 20.8 Å². The lowest BCUT2D eigenvalue weighted by atomic mass is 10.2. The fourth-order valence-corrected chi connectivity index (χ4v) is 1.25. The van der Waals surface area contributed by atoms with Crippen LogP contribution in [0.2, 0.25) is 0 Å². The summed E-state index contributed by atoms with van der Waals surface area (Å²) >= 11 is 0. The van der Waals surface area contributed by atoms with Crippen molar-refractivity contribution in [3.8, 4) is 0 Å². The van der Waals surface area contributed by atoms with Gasteiger partial charge in [-0.15, -0.1) is 0 Å². The highest BCUT2D eigenvalue weighted by molar-refractivity contribution is 5.43. The number of anilines is 1. The summed E-state index contributed by atoms with van der Waals surface area (Å²) in [7, 11) is 0. The minimum atomic E-state index is 0.433. The molecule has 5 nitrogen and oxygen atoms in total. The van der Waals surface area contributed by atoms with E-state index in [1.165, 1.54) is 5.56 Å². The van der Waals surface area contributed by atoms with Gasteiger partial charge in [0.15, 0.2) is 0 Å². The largest absolute Gasteiger partial charge is 0.334 e. The van der Waals surface area contributed by atoms with Gasteiger partial charge >= 0.3 is 0 Å². The first-order valence-corrected chi connectivity index (χ1v) is 5.33. The summed E-state index contributed by atoms with van der Waals surface area (Å²) in [4.78, 5) is 0. The Morgan fingerprint density at radius 1 is 1.12 bits per heavy atom. The van der Waals surface area contributed by atoms with Gasteiger partial charge < -0.3 is 4.52 Å². The summed E-state index contributed by atoms with van der Waals surface area (Å²) in [6.07, 6.45) is 0. The van der Waals surface area contributed by atoms with E-state index in [1.807, 2.05) is 45.0 Å². The van der Waals surface area contributed by atoms with Crippen molar-refractivity contribution in [1.82, 2.24) is 5.16 Å². The second-order valence-electron chi connectivity index (χ2n) is 3.88. The van der Waals surface area contributed by atoms with E-state index in [2.05, 4.69) is 20.9 Å². The first-order valence-electron chi connectivity index (χ1n) is 5.33. The molecule has 0 unspecified atom stereocenters. The lowest BCUT2D eigenvalue weighted by molar-refractivity contribution is 0.422. The van der Waals surface area contributed by atoms with E-state index in [0.717, 1.165) is 16.9 Å². The van der Waals surface area contributed by atoms with Gasteiger partial charge in [0.2, 0.25) is 0 Å². The summed E-state index contributed by atoms with van der Waals surface area (Å²) in [5.74, 6) is 0.433. The fourth-order valence-electron chi connectivity index (χ4n) is 1.25. The van der Waals surface area contributed by atoms with Crippen LogP contribution in [0.1, 0.15) is 16.8 Å². The van der Waals surface area contributed by atoms with Crippen LogP contribution in [-0.4, -0.2) is 5.16 Å². The summed E-state index contributed by atoms with van der Waals surface area (Å²) in [6.45, 7) is 5.79. The third-order valence-electron chi connectivity index (χ3n) is 2.50. The molecule has 1 aromatic heterocycles. The Labute approximate surface area is 99.5 Å². The van der Waals surface area contributed by atoms with Gasteiger partial charge in [-0.05, 0) is 32.9 Å². The Morgan fingerprint density at radius 2 is 1.82 bits per heavy atom. The number of benzene rings is 1. The fraction of sp³-hybridized carbons (Fsp3) is 0.250. The minimum Gasteiger partial charge on any atom is -0.334 e. The van der Waals surface area contributed by atoms with E-state index in [-0.39, 0.29) is 0 Å². The molecule has 2 rings (SSSR count). The smallest absolute Gasteiger partial charge is 0.274 e. The zero-order valence-corrected chi connectivity index (χ0v) is 10.1. The zero-order chi connectivity index (χ0) is 12.3. The monoisotopic (exact) mass is 230 g/mol. The number of nitrogens with zero attached hydrogens (tertiary/aromatic N) is 3. The standard InChI is InChI=1S/C12H14N4O/c1-8-4-6-11(7-5-8)13-16-14-12-9(2)10(3)15-17-12/h4-7H,1-3H3,(H,13,14). The van der Waals surface area contributed by atoms with E-state index < -0.39 is 0 Å². The number of nitrogens with one attached hydrogen (secondary N) is 1. The molecular formula is C12H14N4O. The van der Waals surface area contributed by atoms with E-state index in [9.17, 15) is 0 Å². The molecule has 0 fully saturated rings. The molecule has 17 heavy (non-hydrogen) atoms. The lowest BCUT2D eigenvalue weighted by Crippen LogP contribution is -1.85. The summed E-state index contributed by atoms with van der Waals surface area (Å²) in [5.41, 5.74) is 6.64. The van der Waals surface area contributed by atoms with Gasteiger partial charge in [0, 0.05) is 5.56 Å². The van der Waals surface area contributed by atoms with Gasteiger partial charge in [-0.3, -0.25) is 5.43 Å². The van der Waals surface area contributed by atoms with Gasteiger partial charge in [-0.1, -0.05) is 33.2 Å². The predicted molar refractivity (Wildman–Crippen MR) is 65.3 cm³/mol.